The van der Waals surface area contributed by atoms with Gasteiger partial charge in [0.15, 0.2) is 0 Å². The van der Waals surface area contributed by atoms with Crippen LogP contribution >= 0.6 is 0 Å². The zero-order valence-electron chi connectivity index (χ0n) is 23.5. The highest BCUT2D eigenvalue weighted by Gasteiger charge is 2.26. The molecule has 0 aliphatic carbocycles. The molecule has 0 spiro atoms. The summed E-state index contributed by atoms with van der Waals surface area (Å²) >= 11 is 0. The van der Waals surface area contributed by atoms with Crippen molar-refractivity contribution in [3.8, 4) is 33.4 Å². The standard InChI is InChI=1S/C42H27N/c1-2-12-30(13-3-1)43-41-21-11-10-20-38(41)34-17-7-8-18-35(34)39-25-23-29(27-42(39)43)28-22-24-37-33-16-5-4-14-31(33)32-15-6-9-19-36(32)40(37)26-28/h1-27H. The zero-order chi connectivity index (χ0) is 28.3. The van der Waals surface area contributed by atoms with Crippen LogP contribution in [-0.2, 0) is 0 Å². The molecule has 0 saturated carbocycles. The molecule has 200 valence electrons. The van der Waals surface area contributed by atoms with E-state index >= 15 is 0 Å². The van der Waals surface area contributed by atoms with E-state index in [2.05, 4.69) is 169 Å². The molecule has 43 heavy (non-hydrogen) atoms. The van der Waals surface area contributed by atoms with Gasteiger partial charge < -0.3 is 4.90 Å². The van der Waals surface area contributed by atoms with E-state index in [-0.39, 0.29) is 0 Å². The van der Waals surface area contributed by atoms with Crippen LogP contribution in [0.3, 0.4) is 0 Å². The fourth-order valence-corrected chi connectivity index (χ4v) is 7.05. The lowest BCUT2D eigenvalue weighted by Gasteiger charge is -2.27. The molecule has 0 amide bonds. The lowest BCUT2D eigenvalue weighted by Crippen LogP contribution is -2.10. The summed E-state index contributed by atoms with van der Waals surface area (Å²) in [6, 6.07) is 59.9. The van der Waals surface area contributed by atoms with Crippen molar-refractivity contribution in [2.24, 2.45) is 0 Å². The second kappa shape index (κ2) is 9.44. The number of nitrogens with zero attached hydrogens (tertiary/aromatic N) is 1. The minimum atomic E-state index is 1.15. The Morgan fingerprint density at radius 1 is 0.279 bits per heavy atom. The number of benzene rings is 8. The Balaban J connectivity index is 1.32. The average molecular weight is 546 g/mol. The lowest BCUT2D eigenvalue weighted by atomic mass is 9.91. The van der Waals surface area contributed by atoms with Gasteiger partial charge in [0.1, 0.15) is 0 Å². The second-order valence-electron chi connectivity index (χ2n) is 11.3. The van der Waals surface area contributed by atoms with E-state index < -0.39 is 0 Å². The van der Waals surface area contributed by atoms with Gasteiger partial charge in [-0.2, -0.15) is 0 Å². The Kier molecular flexibility index (Phi) is 5.27. The summed E-state index contributed by atoms with van der Waals surface area (Å²) in [7, 11) is 0. The Hall–Kier alpha value is -5.66. The van der Waals surface area contributed by atoms with Crippen molar-refractivity contribution in [2.75, 3.05) is 4.90 Å². The summed E-state index contributed by atoms with van der Waals surface area (Å²) in [6.45, 7) is 0. The van der Waals surface area contributed by atoms with Crippen LogP contribution in [0.5, 0.6) is 0 Å². The quantitative estimate of drug-likeness (QED) is 0.195. The molecular weight excluding hydrogens is 518 g/mol. The number of hydrogen-bond donors (Lipinski definition) is 0. The van der Waals surface area contributed by atoms with Gasteiger partial charge in [0.25, 0.3) is 0 Å². The third kappa shape index (κ3) is 3.65. The minimum Gasteiger partial charge on any atom is -0.309 e. The van der Waals surface area contributed by atoms with E-state index in [0.29, 0.717) is 0 Å². The Labute approximate surface area is 250 Å². The number of para-hydroxylation sites is 2. The van der Waals surface area contributed by atoms with E-state index in [1.807, 2.05) is 0 Å². The van der Waals surface area contributed by atoms with Gasteiger partial charge in [-0.3, -0.25) is 0 Å². The topological polar surface area (TPSA) is 3.24 Å². The molecule has 0 unspecified atom stereocenters. The zero-order valence-corrected chi connectivity index (χ0v) is 23.5. The van der Waals surface area contributed by atoms with Crippen LogP contribution in [0.2, 0.25) is 0 Å². The van der Waals surface area contributed by atoms with E-state index in [0.717, 1.165) is 5.69 Å². The molecule has 1 aliphatic heterocycles. The summed E-state index contributed by atoms with van der Waals surface area (Å²) < 4.78 is 0. The van der Waals surface area contributed by atoms with Crippen molar-refractivity contribution >= 4 is 49.4 Å². The molecule has 0 N–H and O–H groups in total. The van der Waals surface area contributed by atoms with Crippen LogP contribution in [-0.4, -0.2) is 0 Å². The lowest BCUT2D eigenvalue weighted by molar-refractivity contribution is 1.29. The summed E-state index contributed by atoms with van der Waals surface area (Å²) in [5.41, 5.74) is 10.9. The van der Waals surface area contributed by atoms with Crippen LogP contribution in [0.15, 0.2) is 164 Å². The molecule has 0 atom stereocenters. The van der Waals surface area contributed by atoms with Gasteiger partial charge in [-0.15, -0.1) is 0 Å². The van der Waals surface area contributed by atoms with Crippen LogP contribution in [0, 0.1) is 0 Å². The smallest absolute Gasteiger partial charge is 0.0546 e. The molecule has 0 fully saturated rings. The molecule has 1 heterocycles. The van der Waals surface area contributed by atoms with Crippen molar-refractivity contribution in [1.82, 2.24) is 0 Å². The van der Waals surface area contributed by atoms with Gasteiger partial charge >= 0.3 is 0 Å². The van der Waals surface area contributed by atoms with E-state index in [4.69, 9.17) is 0 Å². The second-order valence-corrected chi connectivity index (χ2v) is 11.3. The highest BCUT2D eigenvalue weighted by atomic mass is 15.1. The van der Waals surface area contributed by atoms with Crippen molar-refractivity contribution in [3.63, 3.8) is 0 Å². The van der Waals surface area contributed by atoms with E-state index in [1.165, 1.54) is 77.1 Å². The molecule has 0 bridgehead atoms. The normalized spacial score (nSPS) is 12.1. The summed E-state index contributed by atoms with van der Waals surface area (Å²) in [5, 5.41) is 7.78. The first-order valence-corrected chi connectivity index (χ1v) is 14.9. The molecule has 1 nitrogen and oxygen atoms in total. The highest BCUT2D eigenvalue weighted by Crippen LogP contribution is 2.51. The maximum Gasteiger partial charge on any atom is 0.0546 e. The van der Waals surface area contributed by atoms with Gasteiger partial charge in [0, 0.05) is 16.8 Å². The monoisotopic (exact) mass is 545 g/mol. The summed E-state index contributed by atoms with van der Waals surface area (Å²) in [4.78, 5) is 2.43. The van der Waals surface area contributed by atoms with Crippen LogP contribution in [0.1, 0.15) is 0 Å². The molecule has 8 aromatic rings. The van der Waals surface area contributed by atoms with Crippen LogP contribution < -0.4 is 4.90 Å². The van der Waals surface area contributed by atoms with Crippen molar-refractivity contribution < 1.29 is 0 Å². The fraction of sp³-hybridized carbons (Fsp3) is 0. The largest absolute Gasteiger partial charge is 0.309 e. The molecule has 1 aliphatic rings. The van der Waals surface area contributed by atoms with Crippen molar-refractivity contribution in [1.29, 1.82) is 0 Å². The van der Waals surface area contributed by atoms with Gasteiger partial charge in [-0.25, -0.2) is 0 Å². The first kappa shape index (κ1) is 24.0. The Bertz CT molecular complexity index is 2310. The van der Waals surface area contributed by atoms with Crippen LogP contribution in [0.25, 0.3) is 65.7 Å². The predicted molar refractivity (Wildman–Crippen MR) is 184 cm³/mol. The van der Waals surface area contributed by atoms with Gasteiger partial charge in [0.05, 0.1) is 11.4 Å². The maximum absolute atomic E-state index is 2.43. The predicted octanol–water partition coefficient (Wildman–Crippen LogP) is 11.9. The molecular formula is C42H27N. The number of rotatable bonds is 2. The molecule has 0 saturated heterocycles. The average Bonchev–Trinajstić information content (AvgIpc) is 3.21. The Morgan fingerprint density at radius 2 is 0.744 bits per heavy atom. The summed E-state index contributed by atoms with van der Waals surface area (Å²) in [6.07, 6.45) is 0. The fourth-order valence-electron chi connectivity index (χ4n) is 7.05. The van der Waals surface area contributed by atoms with Gasteiger partial charge in [-0.05, 0) is 84.9 Å². The van der Waals surface area contributed by atoms with E-state index in [9.17, 15) is 0 Å². The SMILES string of the molecule is c1ccc(N2c3ccccc3-c3ccccc3-c3ccc(-c4ccc5c6ccccc6c6ccccc6c5c4)cc32)cc1. The third-order valence-corrected chi connectivity index (χ3v) is 8.98. The molecule has 8 aromatic carbocycles. The molecule has 9 rings (SSSR count). The maximum atomic E-state index is 2.43. The Morgan fingerprint density at radius 3 is 1.42 bits per heavy atom. The van der Waals surface area contributed by atoms with Gasteiger partial charge in [0.2, 0.25) is 0 Å². The number of anilines is 3. The number of hydrogen-bond acceptors (Lipinski definition) is 1. The molecule has 0 radical (unpaired) electrons. The van der Waals surface area contributed by atoms with Gasteiger partial charge in [-0.1, -0.05) is 133 Å². The first-order chi connectivity index (χ1) is 21.3. The van der Waals surface area contributed by atoms with Crippen molar-refractivity contribution in [3.05, 3.63) is 164 Å². The highest BCUT2D eigenvalue weighted by molar-refractivity contribution is 6.25. The van der Waals surface area contributed by atoms with Crippen molar-refractivity contribution in [2.45, 2.75) is 0 Å². The first-order valence-electron chi connectivity index (χ1n) is 14.9. The molecule has 0 aromatic heterocycles. The third-order valence-electron chi connectivity index (χ3n) is 8.98. The van der Waals surface area contributed by atoms with E-state index in [1.54, 1.807) is 0 Å². The number of fused-ring (bicyclic) bond motifs is 11. The summed E-state index contributed by atoms with van der Waals surface area (Å²) in [5.74, 6) is 0. The minimum absolute atomic E-state index is 1.15. The molecule has 1 heteroatoms. The van der Waals surface area contributed by atoms with Crippen LogP contribution in [0.4, 0.5) is 17.1 Å².